The minimum absolute atomic E-state index is 0.909. The Balaban J connectivity index is 1.81. The van der Waals surface area contributed by atoms with E-state index in [4.69, 9.17) is 4.42 Å². The molecule has 2 nitrogen and oxygen atoms in total. The van der Waals surface area contributed by atoms with E-state index < -0.39 is 0 Å². The van der Waals surface area contributed by atoms with Crippen LogP contribution < -0.4 is 5.32 Å². The van der Waals surface area contributed by atoms with Gasteiger partial charge in [-0.1, -0.05) is 36.4 Å². The van der Waals surface area contributed by atoms with Crippen LogP contribution in [-0.2, 0) is 0 Å². The number of fused-ring (bicyclic) bond motifs is 3. The average molecular weight is 259 g/mol. The highest BCUT2D eigenvalue weighted by atomic mass is 16.3. The fraction of sp³-hybridized carbons (Fsp3) is 0. The van der Waals surface area contributed by atoms with Crippen LogP contribution in [0.25, 0.3) is 21.9 Å². The van der Waals surface area contributed by atoms with Crippen LogP contribution in [0, 0.1) is 0 Å². The maximum absolute atomic E-state index is 5.89. The SMILES string of the molecule is c1ccc(Nc2ccc3c(c2)oc2ccccc23)cc1. The van der Waals surface area contributed by atoms with Crippen molar-refractivity contribution in [2.24, 2.45) is 0 Å². The van der Waals surface area contributed by atoms with Crippen molar-refractivity contribution in [3.05, 3.63) is 72.8 Å². The topological polar surface area (TPSA) is 25.2 Å². The molecule has 0 atom stereocenters. The van der Waals surface area contributed by atoms with Gasteiger partial charge in [-0.2, -0.15) is 0 Å². The van der Waals surface area contributed by atoms with Gasteiger partial charge >= 0.3 is 0 Å². The summed E-state index contributed by atoms with van der Waals surface area (Å²) in [5, 5.41) is 5.69. The summed E-state index contributed by atoms with van der Waals surface area (Å²) in [6.07, 6.45) is 0. The summed E-state index contributed by atoms with van der Waals surface area (Å²) >= 11 is 0. The van der Waals surface area contributed by atoms with Crippen LogP contribution >= 0.6 is 0 Å². The van der Waals surface area contributed by atoms with Crippen LogP contribution in [0.2, 0.25) is 0 Å². The Morgan fingerprint density at radius 3 is 2.25 bits per heavy atom. The molecule has 3 aromatic carbocycles. The van der Waals surface area contributed by atoms with Crippen molar-refractivity contribution in [3.8, 4) is 0 Å². The molecule has 0 fully saturated rings. The van der Waals surface area contributed by atoms with Crippen molar-refractivity contribution in [1.29, 1.82) is 0 Å². The molecule has 0 bridgehead atoms. The van der Waals surface area contributed by atoms with Gasteiger partial charge in [0.25, 0.3) is 0 Å². The molecule has 0 saturated carbocycles. The molecule has 0 saturated heterocycles. The highest BCUT2D eigenvalue weighted by molar-refractivity contribution is 6.05. The Kier molecular flexibility index (Phi) is 2.46. The minimum atomic E-state index is 0.909. The summed E-state index contributed by atoms with van der Waals surface area (Å²) in [5.74, 6) is 0. The third kappa shape index (κ3) is 1.82. The van der Waals surface area contributed by atoms with Gasteiger partial charge in [-0.15, -0.1) is 0 Å². The summed E-state index contributed by atoms with van der Waals surface area (Å²) in [7, 11) is 0. The Morgan fingerprint density at radius 2 is 1.35 bits per heavy atom. The largest absolute Gasteiger partial charge is 0.456 e. The van der Waals surface area contributed by atoms with Gasteiger partial charge in [0, 0.05) is 28.2 Å². The maximum Gasteiger partial charge on any atom is 0.137 e. The van der Waals surface area contributed by atoms with Gasteiger partial charge in [-0.3, -0.25) is 0 Å². The summed E-state index contributed by atoms with van der Waals surface area (Å²) in [4.78, 5) is 0. The van der Waals surface area contributed by atoms with E-state index in [9.17, 15) is 0 Å². The van der Waals surface area contributed by atoms with Gasteiger partial charge in [0.2, 0.25) is 0 Å². The third-order valence-corrected chi connectivity index (χ3v) is 3.44. The molecule has 0 aliphatic heterocycles. The van der Waals surface area contributed by atoms with Crippen molar-refractivity contribution < 1.29 is 4.42 Å². The molecule has 0 radical (unpaired) electrons. The zero-order valence-electron chi connectivity index (χ0n) is 10.8. The second-order valence-corrected chi connectivity index (χ2v) is 4.80. The van der Waals surface area contributed by atoms with E-state index in [-0.39, 0.29) is 0 Å². The summed E-state index contributed by atoms with van der Waals surface area (Å²) in [5.41, 5.74) is 3.94. The molecule has 1 aromatic heterocycles. The summed E-state index contributed by atoms with van der Waals surface area (Å²) < 4.78 is 5.89. The molecular weight excluding hydrogens is 246 g/mol. The Bertz CT molecular complexity index is 878. The lowest BCUT2D eigenvalue weighted by molar-refractivity contribution is 0.669. The average Bonchev–Trinajstić information content (AvgIpc) is 2.86. The van der Waals surface area contributed by atoms with Gasteiger partial charge in [-0.25, -0.2) is 0 Å². The number of hydrogen-bond acceptors (Lipinski definition) is 2. The van der Waals surface area contributed by atoms with Crippen LogP contribution in [0.3, 0.4) is 0 Å². The Labute approximate surface area is 116 Å². The van der Waals surface area contributed by atoms with Crippen LogP contribution in [-0.4, -0.2) is 0 Å². The lowest BCUT2D eigenvalue weighted by Gasteiger charge is -2.05. The number of rotatable bonds is 2. The second kappa shape index (κ2) is 4.42. The Morgan fingerprint density at radius 1 is 0.600 bits per heavy atom. The molecule has 0 aliphatic rings. The third-order valence-electron chi connectivity index (χ3n) is 3.44. The van der Waals surface area contributed by atoms with E-state index in [2.05, 4.69) is 23.5 Å². The normalized spacial score (nSPS) is 11.0. The number of para-hydroxylation sites is 2. The number of furan rings is 1. The second-order valence-electron chi connectivity index (χ2n) is 4.80. The zero-order chi connectivity index (χ0) is 13.4. The lowest BCUT2D eigenvalue weighted by Crippen LogP contribution is -1.88. The molecule has 0 amide bonds. The monoisotopic (exact) mass is 259 g/mol. The van der Waals surface area contributed by atoms with E-state index in [1.54, 1.807) is 0 Å². The lowest BCUT2D eigenvalue weighted by atomic mass is 10.1. The van der Waals surface area contributed by atoms with Gasteiger partial charge < -0.3 is 9.73 Å². The highest BCUT2D eigenvalue weighted by Gasteiger charge is 2.06. The molecule has 1 heterocycles. The van der Waals surface area contributed by atoms with E-state index >= 15 is 0 Å². The molecule has 0 spiro atoms. The van der Waals surface area contributed by atoms with Crippen LogP contribution in [0.1, 0.15) is 0 Å². The first kappa shape index (κ1) is 11.1. The standard InChI is InChI=1S/C18H13NO/c1-2-6-13(7-3-1)19-14-10-11-16-15-8-4-5-9-17(15)20-18(16)12-14/h1-12,19H. The molecular formula is C18H13NO. The zero-order valence-corrected chi connectivity index (χ0v) is 10.8. The van der Waals surface area contributed by atoms with Crippen molar-refractivity contribution in [3.63, 3.8) is 0 Å². The first-order valence-electron chi connectivity index (χ1n) is 6.63. The maximum atomic E-state index is 5.89. The summed E-state index contributed by atoms with van der Waals surface area (Å²) in [6.45, 7) is 0. The van der Waals surface area contributed by atoms with Gasteiger partial charge in [0.1, 0.15) is 11.2 Å². The summed E-state index contributed by atoms with van der Waals surface area (Å²) in [6, 6.07) is 24.5. The fourth-order valence-electron chi connectivity index (χ4n) is 2.49. The number of benzene rings is 3. The first-order valence-corrected chi connectivity index (χ1v) is 6.63. The molecule has 4 rings (SSSR count). The van der Waals surface area contributed by atoms with Crippen LogP contribution in [0.4, 0.5) is 11.4 Å². The number of hydrogen-bond donors (Lipinski definition) is 1. The highest BCUT2D eigenvalue weighted by Crippen LogP contribution is 2.31. The van der Waals surface area contributed by atoms with Gasteiger partial charge in [0.05, 0.1) is 0 Å². The molecule has 0 unspecified atom stereocenters. The van der Waals surface area contributed by atoms with Crippen molar-refractivity contribution in [2.75, 3.05) is 5.32 Å². The van der Waals surface area contributed by atoms with E-state index in [0.717, 1.165) is 33.3 Å². The molecule has 0 aliphatic carbocycles. The van der Waals surface area contributed by atoms with Gasteiger partial charge in [0.15, 0.2) is 0 Å². The first-order chi connectivity index (χ1) is 9.90. The molecule has 20 heavy (non-hydrogen) atoms. The quantitative estimate of drug-likeness (QED) is 0.526. The Hall–Kier alpha value is -2.74. The predicted octanol–water partition coefficient (Wildman–Crippen LogP) is 5.33. The fourth-order valence-corrected chi connectivity index (χ4v) is 2.49. The number of anilines is 2. The van der Waals surface area contributed by atoms with Gasteiger partial charge in [-0.05, 0) is 30.3 Å². The molecule has 2 heteroatoms. The van der Waals surface area contributed by atoms with Crippen LogP contribution in [0.15, 0.2) is 77.2 Å². The van der Waals surface area contributed by atoms with E-state index in [1.807, 2.05) is 54.6 Å². The van der Waals surface area contributed by atoms with E-state index in [1.165, 1.54) is 0 Å². The molecule has 4 aromatic rings. The molecule has 1 N–H and O–H groups in total. The number of nitrogens with one attached hydrogen (secondary N) is 1. The van der Waals surface area contributed by atoms with Crippen molar-refractivity contribution in [1.82, 2.24) is 0 Å². The van der Waals surface area contributed by atoms with Crippen LogP contribution in [0.5, 0.6) is 0 Å². The van der Waals surface area contributed by atoms with Crippen molar-refractivity contribution in [2.45, 2.75) is 0 Å². The smallest absolute Gasteiger partial charge is 0.137 e. The van der Waals surface area contributed by atoms with Crippen molar-refractivity contribution >= 4 is 33.3 Å². The molecule has 96 valence electrons. The minimum Gasteiger partial charge on any atom is -0.456 e. The van der Waals surface area contributed by atoms with E-state index in [0.29, 0.717) is 0 Å². The predicted molar refractivity (Wildman–Crippen MR) is 83.4 cm³/mol.